The minimum atomic E-state index is -0.108. The zero-order valence-electron chi connectivity index (χ0n) is 15.1. The zero-order chi connectivity index (χ0) is 16.9. The van der Waals surface area contributed by atoms with Crippen LogP contribution in [0.3, 0.4) is 0 Å². The minimum absolute atomic E-state index is 0. The van der Waals surface area contributed by atoms with Crippen molar-refractivity contribution in [3.63, 3.8) is 0 Å². The third kappa shape index (κ3) is 5.25. The highest BCUT2D eigenvalue weighted by molar-refractivity contribution is 5.85. The van der Waals surface area contributed by atoms with E-state index in [1.807, 2.05) is 31.3 Å². The molecular formula is C19H29ClN2O3. The number of carbonyl (C=O) groups excluding carboxylic acids is 1. The van der Waals surface area contributed by atoms with Crippen molar-refractivity contribution in [3.05, 3.63) is 24.3 Å². The molecule has 1 aromatic carbocycles. The van der Waals surface area contributed by atoms with Gasteiger partial charge < -0.3 is 19.7 Å². The van der Waals surface area contributed by atoms with Gasteiger partial charge in [0.15, 0.2) is 17.6 Å². The largest absolute Gasteiger partial charge is 0.486 e. The van der Waals surface area contributed by atoms with E-state index in [1.165, 1.54) is 12.8 Å². The van der Waals surface area contributed by atoms with Crippen molar-refractivity contribution >= 4 is 18.3 Å². The number of benzene rings is 1. The molecule has 0 radical (unpaired) electrons. The van der Waals surface area contributed by atoms with Crippen molar-refractivity contribution < 1.29 is 14.3 Å². The third-order valence-corrected chi connectivity index (χ3v) is 5.16. The van der Waals surface area contributed by atoms with Gasteiger partial charge in [-0.2, -0.15) is 0 Å². The van der Waals surface area contributed by atoms with Gasteiger partial charge in [0.25, 0.3) is 0 Å². The second-order valence-corrected chi connectivity index (χ2v) is 7.04. The molecule has 0 bridgehead atoms. The van der Waals surface area contributed by atoms with Crippen molar-refractivity contribution in [1.82, 2.24) is 10.2 Å². The van der Waals surface area contributed by atoms with E-state index in [0.717, 1.165) is 24.6 Å². The standard InChI is InChI=1S/C19H28N2O3.ClH/c1-14(15-7-9-20-10-8-15)11-19(22)21(2)12-16-13-23-17-5-3-4-6-18(17)24-16;/h3-6,14-16,20H,7-13H2,1-2H3;1H. The summed E-state index contributed by atoms with van der Waals surface area (Å²) >= 11 is 0. The average molecular weight is 369 g/mol. The van der Waals surface area contributed by atoms with E-state index in [2.05, 4.69) is 12.2 Å². The van der Waals surface area contributed by atoms with Crippen LogP contribution < -0.4 is 14.8 Å². The van der Waals surface area contributed by atoms with Crippen LogP contribution in [-0.4, -0.2) is 50.2 Å². The van der Waals surface area contributed by atoms with E-state index < -0.39 is 0 Å². The number of likely N-dealkylation sites (N-methyl/N-ethyl adjacent to an activating group) is 1. The predicted octanol–water partition coefficient (Wildman–Crippen LogP) is 2.73. The van der Waals surface area contributed by atoms with Gasteiger partial charge in [-0.1, -0.05) is 19.1 Å². The summed E-state index contributed by atoms with van der Waals surface area (Å²) in [4.78, 5) is 14.3. The minimum Gasteiger partial charge on any atom is -0.486 e. The molecule has 1 N–H and O–H groups in total. The van der Waals surface area contributed by atoms with Gasteiger partial charge in [0.2, 0.25) is 5.91 Å². The zero-order valence-corrected chi connectivity index (χ0v) is 15.9. The Kier molecular flexibility index (Phi) is 7.38. The molecule has 2 heterocycles. The van der Waals surface area contributed by atoms with Crippen LogP contribution in [-0.2, 0) is 4.79 Å². The number of para-hydroxylation sites is 2. The number of amides is 1. The number of rotatable bonds is 5. The van der Waals surface area contributed by atoms with Crippen molar-refractivity contribution in [3.8, 4) is 11.5 Å². The second kappa shape index (κ2) is 9.30. The SMILES string of the molecule is CC(CC(=O)N(C)CC1COc2ccccc2O1)C1CCNCC1.Cl. The van der Waals surface area contributed by atoms with Crippen LogP contribution in [0.4, 0.5) is 0 Å². The highest BCUT2D eigenvalue weighted by atomic mass is 35.5. The van der Waals surface area contributed by atoms with Crippen molar-refractivity contribution in [2.75, 3.05) is 33.3 Å². The quantitative estimate of drug-likeness (QED) is 0.868. The lowest BCUT2D eigenvalue weighted by Gasteiger charge is -2.31. The van der Waals surface area contributed by atoms with Gasteiger partial charge in [-0.15, -0.1) is 12.4 Å². The van der Waals surface area contributed by atoms with Gasteiger partial charge in [0, 0.05) is 13.5 Å². The van der Waals surface area contributed by atoms with Crippen molar-refractivity contribution in [1.29, 1.82) is 0 Å². The molecule has 3 rings (SSSR count). The first-order valence-corrected chi connectivity index (χ1v) is 8.96. The summed E-state index contributed by atoms with van der Waals surface area (Å²) in [5.74, 6) is 2.83. The Morgan fingerprint density at radius 2 is 1.96 bits per heavy atom. The molecule has 0 aliphatic carbocycles. The number of fused-ring (bicyclic) bond motifs is 1. The highest BCUT2D eigenvalue weighted by Crippen LogP contribution is 2.31. The molecule has 0 spiro atoms. The Bertz CT molecular complexity index is 563. The van der Waals surface area contributed by atoms with Gasteiger partial charge in [-0.25, -0.2) is 0 Å². The molecule has 0 saturated carbocycles. The molecule has 2 atom stereocenters. The van der Waals surface area contributed by atoms with Crippen molar-refractivity contribution in [2.24, 2.45) is 11.8 Å². The predicted molar refractivity (Wildman–Crippen MR) is 101 cm³/mol. The molecule has 1 fully saturated rings. The summed E-state index contributed by atoms with van der Waals surface area (Å²) in [7, 11) is 1.86. The smallest absolute Gasteiger partial charge is 0.222 e. The van der Waals surface area contributed by atoms with E-state index in [9.17, 15) is 4.79 Å². The Hall–Kier alpha value is -1.46. The molecule has 140 valence electrons. The molecule has 1 aromatic rings. The number of halogens is 1. The summed E-state index contributed by atoms with van der Waals surface area (Å²) < 4.78 is 11.7. The fourth-order valence-corrected chi connectivity index (χ4v) is 3.57. The Morgan fingerprint density at radius 1 is 1.28 bits per heavy atom. The number of hydrogen-bond donors (Lipinski definition) is 1. The van der Waals surface area contributed by atoms with Gasteiger partial charge in [0.1, 0.15) is 6.61 Å². The maximum absolute atomic E-state index is 12.5. The van der Waals surface area contributed by atoms with Gasteiger partial charge in [-0.3, -0.25) is 4.79 Å². The summed E-state index contributed by atoms with van der Waals surface area (Å²) in [6.45, 7) is 5.40. The van der Waals surface area contributed by atoms with Crippen LogP contribution in [0.2, 0.25) is 0 Å². The lowest BCUT2D eigenvalue weighted by atomic mass is 9.84. The summed E-state index contributed by atoms with van der Waals surface area (Å²) in [6.07, 6.45) is 2.86. The Morgan fingerprint density at radius 3 is 2.68 bits per heavy atom. The lowest BCUT2D eigenvalue weighted by molar-refractivity contribution is -0.132. The first-order chi connectivity index (χ1) is 11.6. The molecule has 2 aliphatic heterocycles. The van der Waals surface area contributed by atoms with Crippen LogP contribution in [0.1, 0.15) is 26.2 Å². The maximum Gasteiger partial charge on any atom is 0.222 e. The number of hydrogen-bond acceptors (Lipinski definition) is 4. The number of piperidine rings is 1. The van der Waals surface area contributed by atoms with E-state index >= 15 is 0 Å². The average Bonchev–Trinajstić information content (AvgIpc) is 2.62. The molecule has 1 saturated heterocycles. The molecule has 25 heavy (non-hydrogen) atoms. The Labute approximate surface area is 156 Å². The van der Waals surface area contributed by atoms with E-state index in [0.29, 0.717) is 31.4 Å². The van der Waals surface area contributed by atoms with Gasteiger partial charge >= 0.3 is 0 Å². The van der Waals surface area contributed by atoms with Crippen LogP contribution in [0.15, 0.2) is 24.3 Å². The van der Waals surface area contributed by atoms with E-state index in [1.54, 1.807) is 4.90 Å². The monoisotopic (exact) mass is 368 g/mol. The van der Waals surface area contributed by atoms with Crippen LogP contribution >= 0.6 is 12.4 Å². The van der Waals surface area contributed by atoms with Crippen LogP contribution in [0.25, 0.3) is 0 Å². The molecular weight excluding hydrogens is 340 g/mol. The van der Waals surface area contributed by atoms with Gasteiger partial charge in [0.05, 0.1) is 6.54 Å². The number of nitrogens with zero attached hydrogens (tertiary/aromatic N) is 1. The number of ether oxygens (including phenoxy) is 2. The fraction of sp³-hybridized carbons (Fsp3) is 0.632. The normalized spacial score (nSPS) is 21.1. The molecule has 6 heteroatoms. The first-order valence-electron chi connectivity index (χ1n) is 8.96. The summed E-state index contributed by atoms with van der Waals surface area (Å²) in [5.41, 5.74) is 0. The lowest BCUT2D eigenvalue weighted by Crippen LogP contribution is -2.42. The Balaban J connectivity index is 0.00000225. The summed E-state index contributed by atoms with van der Waals surface area (Å²) in [5, 5.41) is 3.38. The molecule has 0 aromatic heterocycles. The third-order valence-electron chi connectivity index (χ3n) is 5.16. The molecule has 5 nitrogen and oxygen atoms in total. The molecule has 2 unspecified atom stereocenters. The van der Waals surface area contributed by atoms with Crippen molar-refractivity contribution in [2.45, 2.75) is 32.3 Å². The van der Waals surface area contributed by atoms with Crippen LogP contribution in [0, 0.1) is 11.8 Å². The summed E-state index contributed by atoms with van der Waals surface area (Å²) in [6, 6.07) is 7.67. The first kappa shape index (κ1) is 19.9. The number of carbonyl (C=O) groups is 1. The second-order valence-electron chi connectivity index (χ2n) is 7.04. The van der Waals surface area contributed by atoms with Gasteiger partial charge in [-0.05, 0) is 49.9 Å². The number of nitrogens with one attached hydrogen (secondary N) is 1. The van der Waals surface area contributed by atoms with Crippen LogP contribution in [0.5, 0.6) is 11.5 Å². The highest BCUT2D eigenvalue weighted by Gasteiger charge is 2.26. The topological polar surface area (TPSA) is 50.8 Å². The molecule has 2 aliphatic rings. The van der Waals surface area contributed by atoms with E-state index in [4.69, 9.17) is 9.47 Å². The fourth-order valence-electron chi connectivity index (χ4n) is 3.57. The maximum atomic E-state index is 12.5. The molecule has 1 amide bonds. The van der Waals surface area contributed by atoms with E-state index in [-0.39, 0.29) is 24.4 Å².